The van der Waals surface area contributed by atoms with E-state index in [0.29, 0.717) is 0 Å². The van der Waals surface area contributed by atoms with Gasteiger partial charge in [-0.05, 0) is 32.9 Å². The maximum absolute atomic E-state index is 12.9. The predicted octanol–water partition coefficient (Wildman–Crippen LogP) is 1.91. The van der Waals surface area contributed by atoms with Gasteiger partial charge in [-0.3, -0.25) is 4.79 Å². The van der Waals surface area contributed by atoms with Gasteiger partial charge in [0.05, 0.1) is 17.5 Å². The van der Waals surface area contributed by atoms with Crippen LogP contribution < -0.4 is 0 Å². The molecule has 6 nitrogen and oxygen atoms in total. The summed E-state index contributed by atoms with van der Waals surface area (Å²) in [5.41, 5.74) is -0.837. The predicted molar refractivity (Wildman–Crippen MR) is 88.9 cm³/mol. The van der Waals surface area contributed by atoms with E-state index in [0.717, 1.165) is 9.87 Å². The maximum atomic E-state index is 12.9. The van der Waals surface area contributed by atoms with Crippen molar-refractivity contribution in [3.05, 3.63) is 29.8 Å². The van der Waals surface area contributed by atoms with Crippen molar-refractivity contribution < 1.29 is 22.7 Å². The van der Waals surface area contributed by atoms with Crippen molar-refractivity contribution in [1.82, 2.24) is 4.31 Å². The van der Waals surface area contributed by atoms with Crippen molar-refractivity contribution in [1.29, 1.82) is 0 Å². The van der Waals surface area contributed by atoms with Crippen molar-refractivity contribution in [3.63, 3.8) is 0 Å². The lowest BCUT2D eigenvalue weighted by Crippen LogP contribution is -2.44. The number of hydrogen-bond donors (Lipinski definition) is 0. The summed E-state index contributed by atoms with van der Waals surface area (Å²) in [4.78, 5) is 25.2. The fourth-order valence-corrected chi connectivity index (χ4v) is 4.90. The van der Waals surface area contributed by atoms with Crippen molar-refractivity contribution >= 4 is 21.8 Å². The molecule has 1 aromatic rings. The monoisotopic (exact) mass is 353 g/mol. The Morgan fingerprint density at radius 3 is 2.25 bits per heavy atom. The number of rotatable bonds is 6. The Morgan fingerprint density at radius 2 is 1.79 bits per heavy atom. The van der Waals surface area contributed by atoms with Crippen LogP contribution in [0.4, 0.5) is 0 Å². The summed E-state index contributed by atoms with van der Waals surface area (Å²) in [6.45, 7) is 8.40. The Bertz CT molecular complexity index is 754. The van der Waals surface area contributed by atoms with E-state index in [1.165, 1.54) is 12.1 Å². The summed E-state index contributed by atoms with van der Waals surface area (Å²) in [7, 11) is -3.97. The number of nitrogens with zero attached hydrogens (tertiary/aromatic N) is 1. The lowest BCUT2D eigenvalue weighted by Gasteiger charge is -2.17. The summed E-state index contributed by atoms with van der Waals surface area (Å²) in [6.07, 6.45) is 0. The third kappa shape index (κ3) is 2.65. The van der Waals surface area contributed by atoms with Crippen molar-refractivity contribution in [3.8, 4) is 0 Å². The van der Waals surface area contributed by atoms with Gasteiger partial charge in [0.2, 0.25) is 15.6 Å². The van der Waals surface area contributed by atoms with Crippen LogP contribution in [0.5, 0.6) is 0 Å². The highest BCUT2D eigenvalue weighted by atomic mass is 32.2. The number of ether oxygens (including phenoxy) is 1. The second-order valence-electron chi connectivity index (χ2n) is 6.30. The van der Waals surface area contributed by atoms with E-state index in [9.17, 15) is 18.0 Å². The molecule has 2 rings (SSSR count). The summed E-state index contributed by atoms with van der Waals surface area (Å²) >= 11 is 0. The number of ketones is 1. The molecule has 0 saturated carbocycles. The average Bonchev–Trinajstić information content (AvgIpc) is 3.14. The minimum absolute atomic E-state index is 0.0580. The number of sulfonamides is 1. The lowest BCUT2D eigenvalue weighted by atomic mass is 9.92. The number of benzene rings is 1. The molecule has 1 aliphatic heterocycles. The van der Waals surface area contributed by atoms with E-state index in [2.05, 4.69) is 0 Å². The quantitative estimate of drug-likeness (QED) is 0.443. The third-order valence-corrected chi connectivity index (χ3v) is 6.29. The highest BCUT2D eigenvalue weighted by Crippen LogP contribution is 2.48. The number of Topliss-reactive ketones (excluding diaryl/α,β-unsaturated/α-hetero) is 1. The molecule has 0 aliphatic carbocycles. The molecule has 24 heavy (non-hydrogen) atoms. The molecule has 0 N–H and O–H groups in total. The van der Waals surface area contributed by atoms with Crippen LogP contribution in [0.25, 0.3) is 0 Å². The maximum Gasteiger partial charge on any atom is 0.337 e. The third-order valence-electron chi connectivity index (χ3n) is 4.30. The van der Waals surface area contributed by atoms with E-state index in [1.54, 1.807) is 39.8 Å². The molecule has 3 unspecified atom stereocenters. The van der Waals surface area contributed by atoms with Crippen molar-refractivity contribution in [2.45, 2.75) is 51.1 Å². The number of aryl methyl sites for hydroxylation is 1. The Kier molecular flexibility index (Phi) is 4.88. The number of esters is 1. The van der Waals surface area contributed by atoms with Crippen LogP contribution in [-0.4, -0.2) is 42.7 Å². The first-order valence-corrected chi connectivity index (χ1v) is 9.38. The van der Waals surface area contributed by atoms with Gasteiger partial charge in [0.1, 0.15) is 0 Å². The van der Waals surface area contributed by atoms with E-state index >= 15 is 0 Å². The van der Waals surface area contributed by atoms with Crippen LogP contribution in [0.2, 0.25) is 0 Å². The van der Waals surface area contributed by atoms with Crippen LogP contribution >= 0.6 is 0 Å². The standard InChI is InChI=1S/C17H23NO5S/c1-6-23-16(20)17(15(19)11(2)3)13(5)18(17)24(21,22)14-9-7-12(4)8-10-14/h7-11,13H,6H2,1-5H3. The van der Waals surface area contributed by atoms with Crippen LogP contribution in [0.1, 0.15) is 33.3 Å². The van der Waals surface area contributed by atoms with Gasteiger partial charge in [0.25, 0.3) is 0 Å². The summed E-state index contributed by atoms with van der Waals surface area (Å²) in [5, 5.41) is 0. The molecule has 7 heteroatoms. The largest absolute Gasteiger partial charge is 0.464 e. The molecule has 1 fully saturated rings. The van der Waals surface area contributed by atoms with Crippen LogP contribution in [0, 0.1) is 12.8 Å². The molecule has 1 heterocycles. The highest BCUT2D eigenvalue weighted by molar-refractivity contribution is 7.89. The van der Waals surface area contributed by atoms with Crippen LogP contribution in [-0.2, 0) is 24.3 Å². The molecule has 0 aromatic heterocycles. The van der Waals surface area contributed by atoms with Gasteiger partial charge in [0.15, 0.2) is 5.78 Å². The molecule has 1 aromatic carbocycles. The molecule has 1 aliphatic rings. The van der Waals surface area contributed by atoms with E-state index in [4.69, 9.17) is 4.74 Å². The van der Waals surface area contributed by atoms with Gasteiger partial charge >= 0.3 is 5.97 Å². The molecular formula is C17H23NO5S. The normalized spacial score (nSPS) is 26.2. The Balaban J connectivity index is 2.51. The van der Waals surface area contributed by atoms with Gasteiger partial charge in [-0.15, -0.1) is 0 Å². The SMILES string of the molecule is CCOC(=O)C1(C(=O)C(C)C)C(C)N1S(=O)(=O)c1ccc(C)cc1. The molecule has 0 radical (unpaired) electrons. The van der Waals surface area contributed by atoms with Crippen molar-refractivity contribution in [2.24, 2.45) is 5.92 Å². The Labute approximate surface area is 142 Å². The molecule has 3 atom stereocenters. The molecule has 132 valence electrons. The van der Waals surface area contributed by atoms with Gasteiger partial charge in [0, 0.05) is 5.92 Å². The molecule has 1 saturated heterocycles. The fourth-order valence-electron chi connectivity index (χ4n) is 2.98. The van der Waals surface area contributed by atoms with E-state index < -0.39 is 39.3 Å². The molecule has 0 amide bonds. The minimum Gasteiger partial charge on any atom is -0.464 e. The van der Waals surface area contributed by atoms with E-state index in [-0.39, 0.29) is 11.5 Å². The number of hydrogen-bond acceptors (Lipinski definition) is 5. The fraction of sp³-hybridized carbons (Fsp3) is 0.529. The Hall–Kier alpha value is -1.73. The first-order valence-electron chi connectivity index (χ1n) is 7.94. The zero-order valence-corrected chi connectivity index (χ0v) is 15.4. The average molecular weight is 353 g/mol. The Morgan fingerprint density at radius 1 is 1.25 bits per heavy atom. The molecule has 0 bridgehead atoms. The van der Waals surface area contributed by atoms with Crippen LogP contribution in [0.15, 0.2) is 29.2 Å². The van der Waals surface area contributed by atoms with E-state index in [1.807, 2.05) is 6.92 Å². The van der Waals surface area contributed by atoms with Gasteiger partial charge < -0.3 is 4.74 Å². The second kappa shape index (κ2) is 6.29. The minimum atomic E-state index is -3.97. The zero-order chi connectivity index (χ0) is 18.3. The van der Waals surface area contributed by atoms with Crippen LogP contribution in [0.3, 0.4) is 0 Å². The smallest absolute Gasteiger partial charge is 0.337 e. The first kappa shape index (κ1) is 18.6. The lowest BCUT2D eigenvalue weighted by molar-refractivity contribution is -0.151. The zero-order valence-electron chi connectivity index (χ0n) is 14.6. The first-order chi connectivity index (χ1) is 11.1. The van der Waals surface area contributed by atoms with Crippen molar-refractivity contribution in [2.75, 3.05) is 6.61 Å². The number of carbonyl (C=O) groups is 2. The summed E-state index contributed by atoms with van der Waals surface area (Å²) in [5.74, 6) is -1.73. The number of carbonyl (C=O) groups excluding carboxylic acids is 2. The van der Waals surface area contributed by atoms with Gasteiger partial charge in [-0.2, -0.15) is 4.31 Å². The summed E-state index contributed by atoms with van der Waals surface area (Å²) in [6, 6.07) is 5.55. The molecule has 0 spiro atoms. The topological polar surface area (TPSA) is 80.5 Å². The van der Waals surface area contributed by atoms with Gasteiger partial charge in [-0.25, -0.2) is 13.2 Å². The second-order valence-corrected chi connectivity index (χ2v) is 8.11. The highest BCUT2D eigenvalue weighted by Gasteiger charge is 2.76. The molecular weight excluding hydrogens is 330 g/mol. The van der Waals surface area contributed by atoms with Gasteiger partial charge in [-0.1, -0.05) is 31.5 Å². The summed E-state index contributed by atoms with van der Waals surface area (Å²) < 4.78 is 31.9.